The molecule has 0 saturated heterocycles. The third-order valence-electron chi connectivity index (χ3n) is 5.16. The monoisotopic (exact) mass is 326 g/mol. The van der Waals surface area contributed by atoms with Crippen LogP contribution in [0, 0.1) is 13.8 Å². The van der Waals surface area contributed by atoms with Gasteiger partial charge in [-0.15, -0.1) is 0 Å². The fourth-order valence-electron chi connectivity index (χ4n) is 4.03. The lowest BCUT2D eigenvalue weighted by Gasteiger charge is -2.24. The Hall–Kier alpha value is -1.96. The molecule has 0 heterocycles. The van der Waals surface area contributed by atoms with Gasteiger partial charge in [0.15, 0.2) is 0 Å². The largest absolute Gasteiger partial charge is 0.508 e. The van der Waals surface area contributed by atoms with Crippen molar-refractivity contribution in [2.24, 2.45) is 0 Å². The first-order valence-electron chi connectivity index (χ1n) is 8.81. The molecular formula is C22H30O2. The van der Waals surface area contributed by atoms with E-state index in [9.17, 15) is 10.2 Å². The van der Waals surface area contributed by atoms with Gasteiger partial charge >= 0.3 is 0 Å². The molecule has 0 spiro atoms. The van der Waals surface area contributed by atoms with Crippen molar-refractivity contribution in [3.8, 4) is 11.5 Å². The smallest absolute Gasteiger partial charge is 0.119 e. The number of phenolic OH excluding ortho intramolecular Hbond substituents is 2. The number of rotatable bonds is 4. The summed E-state index contributed by atoms with van der Waals surface area (Å²) < 4.78 is 0. The highest BCUT2D eigenvalue weighted by atomic mass is 16.3. The van der Waals surface area contributed by atoms with E-state index in [1.807, 2.05) is 24.3 Å². The molecule has 2 nitrogen and oxygen atoms in total. The average Bonchev–Trinajstić information content (AvgIpc) is 2.46. The Labute approximate surface area is 146 Å². The Balaban J connectivity index is 2.61. The van der Waals surface area contributed by atoms with Crippen LogP contribution in [0.25, 0.3) is 0 Å². The van der Waals surface area contributed by atoms with E-state index in [1.165, 1.54) is 11.1 Å². The van der Waals surface area contributed by atoms with Crippen molar-refractivity contribution >= 4 is 0 Å². The lowest BCUT2D eigenvalue weighted by Crippen LogP contribution is -2.06. The SMILES string of the molecule is Cc1c(C(C)c2ccc(O)c(C(C)C)c2C)ccc(O)c1C(C)C. The van der Waals surface area contributed by atoms with Gasteiger partial charge < -0.3 is 10.2 Å². The van der Waals surface area contributed by atoms with E-state index in [-0.39, 0.29) is 17.8 Å². The Kier molecular flexibility index (Phi) is 5.27. The maximum Gasteiger partial charge on any atom is 0.119 e. The van der Waals surface area contributed by atoms with Gasteiger partial charge in [0.25, 0.3) is 0 Å². The molecule has 0 aliphatic heterocycles. The maximum absolute atomic E-state index is 10.2. The summed E-state index contributed by atoms with van der Waals surface area (Å²) in [6.45, 7) is 14.8. The minimum absolute atomic E-state index is 0.209. The third-order valence-corrected chi connectivity index (χ3v) is 5.16. The zero-order valence-corrected chi connectivity index (χ0v) is 15.9. The van der Waals surface area contributed by atoms with Crippen LogP contribution in [0.4, 0.5) is 0 Å². The van der Waals surface area contributed by atoms with Gasteiger partial charge in [0.2, 0.25) is 0 Å². The molecule has 2 aromatic carbocycles. The summed E-state index contributed by atoms with van der Waals surface area (Å²) in [6, 6.07) is 7.69. The molecule has 2 rings (SSSR count). The van der Waals surface area contributed by atoms with Crippen molar-refractivity contribution in [2.75, 3.05) is 0 Å². The van der Waals surface area contributed by atoms with Crippen LogP contribution in [0.5, 0.6) is 11.5 Å². The van der Waals surface area contributed by atoms with Crippen molar-refractivity contribution in [1.29, 1.82) is 0 Å². The third kappa shape index (κ3) is 3.15. The van der Waals surface area contributed by atoms with E-state index < -0.39 is 0 Å². The van der Waals surface area contributed by atoms with Crippen molar-refractivity contribution in [1.82, 2.24) is 0 Å². The van der Waals surface area contributed by atoms with E-state index >= 15 is 0 Å². The fourth-order valence-corrected chi connectivity index (χ4v) is 4.03. The van der Waals surface area contributed by atoms with Crippen molar-refractivity contribution in [3.63, 3.8) is 0 Å². The second-order valence-electron chi connectivity index (χ2n) is 7.46. The first kappa shape index (κ1) is 18.4. The second kappa shape index (κ2) is 6.88. The van der Waals surface area contributed by atoms with Crippen LogP contribution in [0.2, 0.25) is 0 Å². The van der Waals surface area contributed by atoms with Gasteiger partial charge in [-0.3, -0.25) is 0 Å². The molecule has 2 aromatic rings. The van der Waals surface area contributed by atoms with Crippen LogP contribution in [-0.2, 0) is 0 Å². The minimum atomic E-state index is 0.209. The molecule has 24 heavy (non-hydrogen) atoms. The summed E-state index contributed by atoms with van der Waals surface area (Å²) in [5.74, 6) is 1.53. The summed E-state index contributed by atoms with van der Waals surface area (Å²) in [7, 11) is 0. The van der Waals surface area contributed by atoms with Gasteiger partial charge in [0.1, 0.15) is 11.5 Å². The number of hydrogen-bond acceptors (Lipinski definition) is 2. The van der Waals surface area contributed by atoms with Crippen molar-refractivity contribution in [3.05, 3.63) is 57.6 Å². The molecule has 0 atom stereocenters. The molecule has 0 unspecified atom stereocenters. The van der Waals surface area contributed by atoms with Gasteiger partial charge in [0, 0.05) is 5.92 Å². The van der Waals surface area contributed by atoms with Crippen LogP contribution in [-0.4, -0.2) is 10.2 Å². The van der Waals surface area contributed by atoms with Gasteiger partial charge in [-0.05, 0) is 71.2 Å². The topological polar surface area (TPSA) is 40.5 Å². The molecule has 130 valence electrons. The molecule has 0 saturated carbocycles. The van der Waals surface area contributed by atoms with Crippen LogP contribution >= 0.6 is 0 Å². The standard InChI is InChI=1S/C22H30O2/c1-12(2)21-15(6)17(8-10-19(21)23)14(5)18-9-11-20(24)22(13(3)4)16(18)7/h8-14,23-24H,1-7H3. The number of benzene rings is 2. The Morgan fingerprint density at radius 2 is 0.958 bits per heavy atom. The molecule has 0 radical (unpaired) electrons. The van der Waals surface area contributed by atoms with Gasteiger partial charge in [-0.1, -0.05) is 46.8 Å². The Morgan fingerprint density at radius 1 is 0.625 bits per heavy atom. The van der Waals surface area contributed by atoms with E-state index in [4.69, 9.17) is 0 Å². The molecule has 0 fully saturated rings. The minimum Gasteiger partial charge on any atom is -0.508 e. The highest BCUT2D eigenvalue weighted by Gasteiger charge is 2.21. The zero-order valence-electron chi connectivity index (χ0n) is 15.9. The fraction of sp³-hybridized carbons (Fsp3) is 0.455. The second-order valence-corrected chi connectivity index (χ2v) is 7.46. The summed E-state index contributed by atoms with van der Waals surface area (Å²) >= 11 is 0. The lowest BCUT2D eigenvalue weighted by molar-refractivity contribution is 0.463. The van der Waals surface area contributed by atoms with Gasteiger partial charge in [-0.25, -0.2) is 0 Å². The molecule has 0 amide bonds. The Bertz CT molecular complexity index is 679. The van der Waals surface area contributed by atoms with E-state index in [2.05, 4.69) is 48.5 Å². The first-order valence-corrected chi connectivity index (χ1v) is 8.81. The molecule has 0 aliphatic carbocycles. The summed E-state index contributed by atoms with van der Waals surface area (Å²) in [5.41, 5.74) is 6.85. The molecule has 2 heteroatoms. The van der Waals surface area contributed by atoms with Crippen LogP contribution in [0.15, 0.2) is 24.3 Å². The van der Waals surface area contributed by atoms with E-state index in [0.29, 0.717) is 11.5 Å². The summed E-state index contributed by atoms with van der Waals surface area (Å²) in [6.07, 6.45) is 0. The molecule has 2 N–H and O–H groups in total. The van der Waals surface area contributed by atoms with Gasteiger partial charge in [0.05, 0.1) is 0 Å². The number of hydrogen-bond donors (Lipinski definition) is 2. The van der Waals surface area contributed by atoms with Crippen molar-refractivity contribution in [2.45, 2.75) is 66.2 Å². The molecule has 0 aromatic heterocycles. The van der Waals surface area contributed by atoms with E-state index in [0.717, 1.165) is 22.3 Å². The molecule has 0 bridgehead atoms. The van der Waals surface area contributed by atoms with Crippen LogP contribution < -0.4 is 0 Å². The first-order chi connectivity index (χ1) is 11.2. The maximum atomic E-state index is 10.2. The highest BCUT2D eigenvalue weighted by Crippen LogP contribution is 2.39. The molecule has 0 aliphatic rings. The van der Waals surface area contributed by atoms with Crippen LogP contribution in [0.1, 0.15) is 85.8 Å². The summed E-state index contributed by atoms with van der Waals surface area (Å²) in [5, 5.41) is 20.4. The predicted molar refractivity (Wildman–Crippen MR) is 101 cm³/mol. The van der Waals surface area contributed by atoms with Crippen LogP contribution in [0.3, 0.4) is 0 Å². The van der Waals surface area contributed by atoms with Crippen molar-refractivity contribution < 1.29 is 10.2 Å². The van der Waals surface area contributed by atoms with Gasteiger partial charge in [-0.2, -0.15) is 0 Å². The normalized spacial score (nSPS) is 11.8. The average molecular weight is 326 g/mol. The molecular weight excluding hydrogens is 296 g/mol. The summed E-state index contributed by atoms with van der Waals surface area (Å²) in [4.78, 5) is 0. The zero-order chi connectivity index (χ0) is 18.2. The Morgan fingerprint density at radius 3 is 1.25 bits per heavy atom. The lowest BCUT2D eigenvalue weighted by atomic mass is 9.81. The highest BCUT2D eigenvalue weighted by molar-refractivity contribution is 5.53. The quantitative estimate of drug-likeness (QED) is 0.711. The predicted octanol–water partition coefficient (Wildman–Crippen LogP) is 6.11. The number of aromatic hydroxyl groups is 2. The number of phenols is 2. The van der Waals surface area contributed by atoms with E-state index in [1.54, 1.807) is 0 Å².